The molecule has 3 aliphatic rings. The minimum absolute atomic E-state index is 0. The Balaban J connectivity index is 0.00000289. The van der Waals surface area contributed by atoms with Gasteiger partial charge < -0.3 is 15.5 Å². The molecule has 1 aliphatic carbocycles. The number of unbranched alkanes of at least 4 members (excludes halogenated alkanes) is 1. The highest BCUT2D eigenvalue weighted by atomic mass is 127. The summed E-state index contributed by atoms with van der Waals surface area (Å²) < 4.78 is 0. The summed E-state index contributed by atoms with van der Waals surface area (Å²) in [6, 6.07) is 8.35. The van der Waals surface area contributed by atoms with Crippen molar-refractivity contribution in [2.45, 2.75) is 63.5 Å². The molecule has 32 heavy (non-hydrogen) atoms. The van der Waals surface area contributed by atoms with E-state index in [1.165, 1.54) is 43.7 Å². The Morgan fingerprint density at radius 2 is 1.62 bits per heavy atom. The van der Waals surface area contributed by atoms with Crippen molar-refractivity contribution in [1.82, 2.24) is 20.4 Å². The molecule has 0 bridgehead atoms. The summed E-state index contributed by atoms with van der Waals surface area (Å²) in [5, 5.41) is 6.95. The minimum Gasteiger partial charge on any atom is -0.356 e. The van der Waals surface area contributed by atoms with E-state index < -0.39 is 0 Å². The number of benzene rings is 1. The Labute approximate surface area is 208 Å². The zero-order chi connectivity index (χ0) is 21.6. The van der Waals surface area contributed by atoms with Crippen molar-refractivity contribution in [2.75, 3.05) is 33.2 Å². The van der Waals surface area contributed by atoms with Crippen molar-refractivity contribution in [3.05, 3.63) is 35.4 Å². The maximum Gasteiger partial charge on any atom is 0.261 e. The number of hydrogen-bond donors (Lipinski definition) is 2. The average Bonchev–Trinajstić information content (AvgIpc) is 3.42. The predicted molar refractivity (Wildman–Crippen MR) is 138 cm³/mol. The second-order valence-corrected chi connectivity index (χ2v) is 8.91. The zero-order valence-electron chi connectivity index (χ0n) is 19.0. The molecular formula is C24H36IN5O2. The number of rotatable bonds is 7. The molecule has 2 aliphatic heterocycles. The molecule has 2 heterocycles. The van der Waals surface area contributed by atoms with Gasteiger partial charge in [-0.1, -0.05) is 25.0 Å². The van der Waals surface area contributed by atoms with Crippen LogP contribution in [0.1, 0.15) is 72.1 Å². The van der Waals surface area contributed by atoms with E-state index in [0.717, 1.165) is 44.2 Å². The van der Waals surface area contributed by atoms with Gasteiger partial charge in [-0.2, -0.15) is 0 Å². The van der Waals surface area contributed by atoms with Crippen LogP contribution in [0.25, 0.3) is 0 Å². The summed E-state index contributed by atoms with van der Waals surface area (Å²) in [6.07, 6.45) is 9.51. The van der Waals surface area contributed by atoms with Gasteiger partial charge in [0.1, 0.15) is 0 Å². The van der Waals surface area contributed by atoms with Crippen LogP contribution in [0.2, 0.25) is 0 Å². The highest BCUT2D eigenvalue weighted by Gasteiger charge is 2.34. The smallest absolute Gasteiger partial charge is 0.261 e. The Kier molecular flexibility index (Phi) is 9.34. The van der Waals surface area contributed by atoms with Gasteiger partial charge in [0.15, 0.2) is 5.96 Å². The SMILES string of the molecule is CN=C(NCCCCN1C(=O)c2ccccc2C1=O)NC1CCN(C2CCCC2)CC1.I. The van der Waals surface area contributed by atoms with E-state index in [2.05, 4.69) is 20.5 Å². The van der Waals surface area contributed by atoms with Crippen LogP contribution in [0.4, 0.5) is 0 Å². The van der Waals surface area contributed by atoms with Crippen LogP contribution in [-0.4, -0.2) is 72.9 Å². The van der Waals surface area contributed by atoms with Crippen LogP contribution in [-0.2, 0) is 0 Å². The first-order valence-electron chi connectivity index (χ1n) is 11.8. The largest absolute Gasteiger partial charge is 0.356 e. The van der Waals surface area contributed by atoms with Gasteiger partial charge in [-0.15, -0.1) is 24.0 Å². The molecule has 0 atom stereocenters. The van der Waals surface area contributed by atoms with Gasteiger partial charge in [-0.05, 0) is 50.7 Å². The highest BCUT2D eigenvalue weighted by molar-refractivity contribution is 14.0. The van der Waals surface area contributed by atoms with Gasteiger partial charge in [0.05, 0.1) is 11.1 Å². The number of nitrogens with zero attached hydrogens (tertiary/aromatic N) is 3. The summed E-state index contributed by atoms with van der Waals surface area (Å²) in [7, 11) is 1.81. The quantitative estimate of drug-likeness (QED) is 0.178. The van der Waals surface area contributed by atoms with Crippen molar-refractivity contribution in [2.24, 2.45) is 4.99 Å². The van der Waals surface area contributed by atoms with Crippen molar-refractivity contribution in [3.63, 3.8) is 0 Å². The van der Waals surface area contributed by atoms with Crippen molar-refractivity contribution >= 4 is 41.8 Å². The molecule has 8 heteroatoms. The van der Waals surface area contributed by atoms with Crippen LogP contribution in [0.15, 0.2) is 29.3 Å². The van der Waals surface area contributed by atoms with Crippen LogP contribution >= 0.6 is 24.0 Å². The molecule has 1 saturated heterocycles. The summed E-state index contributed by atoms with van der Waals surface area (Å²) in [6.45, 7) is 3.59. The molecule has 0 radical (unpaired) electrons. The van der Waals surface area contributed by atoms with Crippen LogP contribution < -0.4 is 10.6 Å². The van der Waals surface area contributed by atoms with Crippen LogP contribution in [0.3, 0.4) is 0 Å². The molecule has 0 aromatic heterocycles. The molecule has 1 saturated carbocycles. The van der Waals surface area contributed by atoms with E-state index in [1.807, 2.05) is 7.05 Å². The van der Waals surface area contributed by atoms with E-state index in [0.29, 0.717) is 23.7 Å². The fourth-order valence-corrected chi connectivity index (χ4v) is 5.11. The Bertz CT molecular complexity index is 781. The lowest BCUT2D eigenvalue weighted by Gasteiger charge is -2.36. The lowest BCUT2D eigenvalue weighted by Crippen LogP contribution is -2.50. The maximum absolute atomic E-state index is 12.4. The zero-order valence-corrected chi connectivity index (χ0v) is 21.3. The second-order valence-electron chi connectivity index (χ2n) is 8.91. The van der Waals surface area contributed by atoms with E-state index in [1.54, 1.807) is 24.3 Å². The number of fused-ring (bicyclic) bond motifs is 1. The van der Waals surface area contributed by atoms with E-state index in [4.69, 9.17) is 0 Å². The van der Waals surface area contributed by atoms with E-state index >= 15 is 0 Å². The second kappa shape index (κ2) is 12.0. The number of carbonyl (C=O) groups excluding carboxylic acids is 2. The molecule has 0 spiro atoms. The van der Waals surface area contributed by atoms with Gasteiger partial charge in [0.2, 0.25) is 0 Å². The molecule has 1 aromatic rings. The number of carbonyl (C=O) groups is 2. The van der Waals surface area contributed by atoms with Crippen molar-refractivity contribution < 1.29 is 9.59 Å². The summed E-state index contributed by atoms with van der Waals surface area (Å²) in [5.41, 5.74) is 1.04. The maximum atomic E-state index is 12.4. The molecule has 2 amide bonds. The number of amides is 2. The Morgan fingerprint density at radius 1 is 1.00 bits per heavy atom. The first-order valence-corrected chi connectivity index (χ1v) is 11.8. The molecule has 2 fully saturated rings. The summed E-state index contributed by atoms with van der Waals surface area (Å²) >= 11 is 0. The average molecular weight is 553 g/mol. The predicted octanol–water partition coefficient (Wildman–Crippen LogP) is 3.25. The van der Waals surface area contributed by atoms with Crippen molar-refractivity contribution in [3.8, 4) is 0 Å². The third kappa shape index (κ3) is 5.81. The first kappa shape index (κ1) is 25.0. The normalized spacial score (nSPS) is 20.4. The number of aliphatic imine (C=N–C) groups is 1. The summed E-state index contributed by atoms with van der Waals surface area (Å²) in [4.78, 5) is 33.2. The number of guanidine groups is 1. The standard InChI is InChI=1S/C24H35N5O2.HI/c1-25-24(27-18-12-16-28(17-13-18)19-8-2-3-9-19)26-14-6-7-15-29-22(30)20-10-4-5-11-21(20)23(29)31;/h4-5,10-11,18-19H,2-3,6-9,12-17H2,1H3,(H2,25,26,27);1H. The number of likely N-dealkylation sites (tertiary alicyclic amines) is 1. The van der Waals surface area contributed by atoms with Gasteiger partial charge >= 0.3 is 0 Å². The van der Waals surface area contributed by atoms with Crippen LogP contribution in [0.5, 0.6) is 0 Å². The number of piperidine rings is 1. The van der Waals surface area contributed by atoms with Gasteiger partial charge in [-0.25, -0.2) is 0 Å². The highest BCUT2D eigenvalue weighted by Crippen LogP contribution is 2.26. The lowest BCUT2D eigenvalue weighted by atomic mass is 10.0. The molecule has 0 unspecified atom stereocenters. The number of hydrogen-bond acceptors (Lipinski definition) is 4. The lowest BCUT2D eigenvalue weighted by molar-refractivity contribution is 0.0652. The minimum atomic E-state index is -0.171. The van der Waals surface area contributed by atoms with Crippen LogP contribution in [0, 0.1) is 0 Å². The molecule has 176 valence electrons. The van der Waals surface area contributed by atoms with Gasteiger partial charge in [-0.3, -0.25) is 19.5 Å². The topological polar surface area (TPSA) is 77.0 Å². The van der Waals surface area contributed by atoms with Gasteiger partial charge in [0.25, 0.3) is 11.8 Å². The third-order valence-electron chi connectivity index (χ3n) is 6.91. The fraction of sp³-hybridized carbons (Fsp3) is 0.625. The molecule has 4 rings (SSSR count). The number of nitrogens with one attached hydrogen (secondary N) is 2. The summed E-state index contributed by atoms with van der Waals surface area (Å²) in [5.74, 6) is 0.505. The molecule has 2 N–H and O–H groups in total. The fourth-order valence-electron chi connectivity index (χ4n) is 5.11. The molecular weight excluding hydrogens is 517 g/mol. The third-order valence-corrected chi connectivity index (χ3v) is 6.91. The monoisotopic (exact) mass is 553 g/mol. The van der Waals surface area contributed by atoms with E-state index in [-0.39, 0.29) is 35.8 Å². The van der Waals surface area contributed by atoms with Crippen molar-refractivity contribution in [1.29, 1.82) is 0 Å². The molecule has 7 nitrogen and oxygen atoms in total. The number of halogens is 1. The van der Waals surface area contributed by atoms with Gasteiger partial charge in [0, 0.05) is 45.3 Å². The Hall–Kier alpha value is -1.68. The molecule has 1 aromatic carbocycles. The van der Waals surface area contributed by atoms with E-state index in [9.17, 15) is 9.59 Å². The first-order chi connectivity index (χ1) is 15.2. The number of imide groups is 1. The Morgan fingerprint density at radius 3 is 2.22 bits per heavy atom.